The third-order valence-corrected chi connectivity index (χ3v) is 10.2. The quantitative estimate of drug-likeness (QED) is 0.334. The van der Waals surface area contributed by atoms with Gasteiger partial charge in [-0.3, -0.25) is 9.10 Å². The highest BCUT2D eigenvalue weighted by atomic mass is 32.2. The Balaban J connectivity index is 1.35. The number of anilines is 1. The van der Waals surface area contributed by atoms with Crippen molar-refractivity contribution in [3.63, 3.8) is 0 Å². The minimum atomic E-state index is -3.98. The van der Waals surface area contributed by atoms with Gasteiger partial charge in [0.05, 0.1) is 22.0 Å². The fourth-order valence-electron chi connectivity index (χ4n) is 4.26. The van der Waals surface area contributed by atoms with Crippen molar-refractivity contribution in [2.45, 2.75) is 36.0 Å². The van der Waals surface area contributed by atoms with Gasteiger partial charge < -0.3 is 10.1 Å². The van der Waals surface area contributed by atoms with Crippen LogP contribution in [0, 0.1) is 0 Å². The van der Waals surface area contributed by atoms with E-state index in [2.05, 4.69) is 5.32 Å². The van der Waals surface area contributed by atoms with E-state index in [0.717, 1.165) is 29.1 Å². The molecule has 11 heteroatoms. The molecule has 3 aromatic carbocycles. The maximum atomic E-state index is 13.4. The fraction of sp³-hybridized carbons (Fsp3) is 0.321. The first-order valence-corrected chi connectivity index (χ1v) is 15.8. The number of carbonyl (C=O) groups excluding carboxylic acids is 1. The van der Waals surface area contributed by atoms with Gasteiger partial charge in [0.15, 0.2) is 0 Å². The summed E-state index contributed by atoms with van der Waals surface area (Å²) in [7, 11) is -7.47. The average Bonchev–Trinajstić information content (AvgIpc) is 3.51. The number of sulfonamides is 2. The Bertz CT molecular complexity index is 1450. The summed E-state index contributed by atoms with van der Waals surface area (Å²) in [6, 6.07) is 21.3. The van der Waals surface area contributed by atoms with Crippen LogP contribution < -0.4 is 14.4 Å². The summed E-state index contributed by atoms with van der Waals surface area (Å²) in [6.07, 6.45) is 2.55. The van der Waals surface area contributed by atoms with Crippen LogP contribution in [0.15, 0.2) is 88.7 Å². The number of aryl methyl sites for hydroxylation is 1. The van der Waals surface area contributed by atoms with Crippen molar-refractivity contribution in [2.24, 2.45) is 0 Å². The van der Waals surface area contributed by atoms with Crippen LogP contribution in [0.1, 0.15) is 25.3 Å². The summed E-state index contributed by atoms with van der Waals surface area (Å²) in [5.74, 6) is -0.0151. The summed E-state index contributed by atoms with van der Waals surface area (Å²) < 4.78 is 60.3. The van der Waals surface area contributed by atoms with Crippen LogP contribution in [0.25, 0.3) is 0 Å². The van der Waals surface area contributed by atoms with Crippen molar-refractivity contribution in [1.29, 1.82) is 0 Å². The predicted molar refractivity (Wildman–Crippen MR) is 150 cm³/mol. The number of nitrogens with zero attached hydrogens (tertiary/aromatic N) is 2. The van der Waals surface area contributed by atoms with E-state index in [4.69, 9.17) is 4.74 Å². The van der Waals surface area contributed by atoms with Gasteiger partial charge >= 0.3 is 0 Å². The number of hydrogen-bond donors (Lipinski definition) is 1. The zero-order valence-corrected chi connectivity index (χ0v) is 23.5. The van der Waals surface area contributed by atoms with Crippen LogP contribution in [0.4, 0.5) is 5.69 Å². The maximum Gasteiger partial charge on any atom is 0.264 e. The Morgan fingerprint density at radius 2 is 1.51 bits per heavy atom. The second-order valence-corrected chi connectivity index (χ2v) is 12.9. The van der Waals surface area contributed by atoms with Crippen LogP contribution in [-0.2, 0) is 31.3 Å². The van der Waals surface area contributed by atoms with E-state index in [9.17, 15) is 21.6 Å². The van der Waals surface area contributed by atoms with E-state index in [-0.39, 0.29) is 22.9 Å². The Morgan fingerprint density at radius 1 is 0.872 bits per heavy atom. The first kappa shape index (κ1) is 28.6. The molecule has 0 atom stereocenters. The van der Waals surface area contributed by atoms with E-state index in [1.807, 2.05) is 19.1 Å². The highest BCUT2D eigenvalue weighted by molar-refractivity contribution is 7.92. The summed E-state index contributed by atoms with van der Waals surface area (Å²) in [5, 5.41) is 2.70. The van der Waals surface area contributed by atoms with E-state index in [1.165, 1.54) is 28.6 Å². The molecule has 0 aliphatic carbocycles. The molecule has 1 heterocycles. The molecule has 208 valence electrons. The molecule has 0 unspecified atom stereocenters. The lowest BCUT2D eigenvalue weighted by Gasteiger charge is -2.24. The molecule has 0 radical (unpaired) electrons. The normalized spacial score (nSPS) is 14.2. The molecule has 0 spiro atoms. The van der Waals surface area contributed by atoms with E-state index in [0.29, 0.717) is 24.5 Å². The fourth-order valence-corrected chi connectivity index (χ4v) is 7.22. The third-order valence-electron chi connectivity index (χ3n) is 6.47. The van der Waals surface area contributed by atoms with Crippen LogP contribution in [0.2, 0.25) is 0 Å². The first-order valence-electron chi connectivity index (χ1n) is 12.9. The van der Waals surface area contributed by atoms with E-state index < -0.39 is 32.5 Å². The van der Waals surface area contributed by atoms with E-state index in [1.54, 1.807) is 42.5 Å². The molecule has 1 aliphatic heterocycles. The number of amides is 1. The standard InChI is InChI=1S/C28H33N3O6S2/c1-2-23-10-12-24(13-11-23)31(39(35,36)26-8-4-3-5-9-26)22-28(32)29-18-21-37-25-14-16-27(17-15-25)38(33,34)30-19-6-7-20-30/h3-5,8-17H,2,6-7,18-22H2,1H3,(H,29,32). The second kappa shape index (κ2) is 12.6. The highest BCUT2D eigenvalue weighted by Gasteiger charge is 2.28. The monoisotopic (exact) mass is 571 g/mol. The Morgan fingerprint density at radius 3 is 2.13 bits per heavy atom. The summed E-state index contributed by atoms with van der Waals surface area (Å²) in [5.41, 5.74) is 1.45. The van der Waals surface area contributed by atoms with Crippen LogP contribution in [0.3, 0.4) is 0 Å². The molecule has 1 fully saturated rings. The summed E-state index contributed by atoms with van der Waals surface area (Å²) >= 11 is 0. The van der Waals surface area contributed by atoms with Crippen molar-refractivity contribution in [2.75, 3.05) is 37.1 Å². The lowest BCUT2D eigenvalue weighted by Crippen LogP contribution is -2.41. The minimum Gasteiger partial charge on any atom is -0.492 e. The molecule has 1 amide bonds. The summed E-state index contributed by atoms with van der Waals surface area (Å²) in [6.45, 7) is 2.95. The van der Waals surface area contributed by atoms with Gasteiger partial charge in [-0.05, 0) is 73.4 Å². The van der Waals surface area contributed by atoms with Crippen molar-refractivity contribution in [3.8, 4) is 5.75 Å². The lowest BCUT2D eigenvalue weighted by atomic mass is 10.1. The number of rotatable bonds is 12. The van der Waals surface area contributed by atoms with Gasteiger partial charge in [0, 0.05) is 13.1 Å². The smallest absolute Gasteiger partial charge is 0.264 e. The van der Waals surface area contributed by atoms with Gasteiger partial charge in [-0.2, -0.15) is 4.31 Å². The molecule has 3 aromatic rings. The second-order valence-electron chi connectivity index (χ2n) is 9.13. The van der Waals surface area contributed by atoms with Crippen LogP contribution in [0.5, 0.6) is 5.75 Å². The molecule has 1 aliphatic rings. The maximum absolute atomic E-state index is 13.4. The van der Waals surface area contributed by atoms with Crippen molar-refractivity contribution >= 4 is 31.6 Å². The molecule has 9 nitrogen and oxygen atoms in total. The number of nitrogens with one attached hydrogen (secondary N) is 1. The topological polar surface area (TPSA) is 113 Å². The number of benzene rings is 3. The molecule has 0 bridgehead atoms. The zero-order chi connectivity index (χ0) is 27.9. The molecular formula is C28H33N3O6S2. The first-order chi connectivity index (χ1) is 18.7. The third kappa shape index (κ3) is 6.97. The number of carbonyl (C=O) groups is 1. The molecule has 39 heavy (non-hydrogen) atoms. The van der Waals surface area contributed by atoms with E-state index >= 15 is 0 Å². The summed E-state index contributed by atoms with van der Waals surface area (Å²) in [4.78, 5) is 13.1. The largest absolute Gasteiger partial charge is 0.492 e. The molecule has 0 saturated carbocycles. The Hall–Kier alpha value is -3.41. The lowest BCUT2D eigenvalue weighted by molar-refractivity contribution is -0.119. The van der Waals surface area contributed by atoms with Crippen LogP contribution in [-0.4, -0.2) is 59.8 Å². The van der Waals surface area contributed by atoms with Crippen molar-refractivity contribution in [1.82, 2.24) is 9.62 Å². The molecule has 1 N–H and O–H groups in total. The van der Waals surface area contributed by atoms with Gasteiger partial charge in [-0.15, -0.1) is 0 Å². The molecular weight excluding hydrogens is 538 g/mol. The van der Waals surface area contributed by atoms with Crippen molar-refractivity contribution < 1.29 is 26.4 Å². The molecule has 4 rings (SSSR count). The minimum absolute atomic E-state index is 0.0934. The Kier molecular flexibility index (Phi) is 9.26. The Labute approximate surface area is 230 Å². The van der Waals surface area contributed by atoms with Crippen LogP contribution >= 0.6 is 0 Å². The predicted octanol–water partition coefficient (Wildman–Crippen LogP) is 3.42. The van der Waals surface area contributed by atoms with Gasteiger partial charge in [-0.1, -0.05) is 37.3 Å². The molecule has 1 saturated heterocycles. The number of ether oxygens (including phenoxy) is 1. The van der Waals surface area contributed by atoms with Gasteiger partial charge in [0.25, 0.3) is 10.0 Å². The average molecular weight is 572 g/mol. The van der Waals surface area contributed by atoms with Gasteiger partial charge in [0.1, 0.15) is 18.9 Å². The number of hydrogen-bond acceptors (Lipinski definition) is 6. The SMILES string of the molecule is CCc1ccc(N(CC(=O)NCCOc2ccc(S(=O)(=O)N3CCCC3)cc2)S(=O)(=O)c2ccccc2)cc1. The molecule has 0 aromatic heterocycles. The zero-order valence-electron chi connectivity index (χ0n) is 21.8. The van der Waals surface area contributed by atoms with Crippen molar-refractivity contribution in [3.05, 3.63) is 84.4 Å². The van der Waals surface area contributed by atoms with Gasteiger partial charge in [0.2, 0.25) is 15.9 Å². The van der Waals surface area contributed by atoms with Gasteiger partial charge in [-0.25, -0.2) is 16.8 Å². The highest BCUT2D eigenvalue weighted by Crippen LogP contribution is 2.25.